The van der Waals surface area contributed by atoms with Crippen LogP contribution in [0.25, 0.3) is 0 Å². The predicted octanol–water partition coefficient (Wildman–Crippen LogP) is 3.24. The number of guanidine groups is 1. The van der Waals surface area contributed by atoms with E-state index in [4.69, 9.17) is 0 Å². The van der Waals surface area contributed by atoms with E-state index in [1.165, 1.54) is 6.07 Å². The van der Waals surface area contributed by atoms with E-state index in [2.05, 4.69) is 32.9 Å². The normalized spacial score (nSPS) is 16.0. The van der Waals surface area contributed by atoms with E-state index in [0.717, 1.165) is 48.0 Å². The summed E-state index contributed by atoms with van der Waals surface area (Å²) in [7, 11) is 1.76. The van der Waals surface area contributed by atoms with Gasteiger partial charge in [0.15, 0.2) is 5.96 Å². The van der Waals surface area contributed by atoms with Crippen molar-refractivity contribution in [2.24, 2.45) is 4.99 Å². The molecule has 128 valence electrons. The second-order valence-electron chi connectivity index (χ2n) is 6.16. The summed E-state index contributed by atoms with van der Waals surface area (Å²) in [4.78, 5) is 8.81. The van der Waals surface area contributed by atoms with Gasteiger partial charge in [-0.25, -0.2) is 9.37 Å². The highest BCUT2D eigenvalue weighted by Gasteiger charge is 2.44. The molecule has 1 heterocycles. The molecule has 0 unspecified atom stereocenters. The number of nitrogens with zero attached hydrogens (tertiary/aromatic N) is 2. The molecule has 0 bridgehead atoms. The lowest BCUT2D eigenvalue weighted by Crippen LogP contribution is -2.41. The molecule has 2 aromatic rings. The van der Waals surface area contributed by atoms with Crippen LogP contribution in [0, 0.1) is 5.82 Å². The van der Waals surface area contributed by atoms with Crippen LogP contribution in [0.4, 0.5) is 4.39 Å². The third kappa shape index (κ3) is 3.93. The SMILES string of the molecule is CCc1nc(CNC(=NC)NCC2(c3cccc(F)c3)CC2)cs1. The molecule has 0 atom stereocenters. The van der Waals surface area contributed by atoms with Gasteiger partial charge in [0, 0.05) is 24.4 Å². The number of aryl methyl sites for hydroxylation is 1. The summed E-state index contributed by atoms with van der Waals surface area (Å²) in [5, 5.41) is 9.90. The van der Waals surface area contributed by atoms with Crippen LogP contribution in [0.3, 0.4) is 0 Å². The zero-order valence-corrected chi connectivity index (χ0v) is 14.9. The maximum Gasteiger partial charge on any atom is 0.191 e. The Morgan fingerprint density at radius 2 is 2.21 bits per heavy atom. The summed E-state index contributed by atoms with van der Waals surface area (Å²) in [6, 6.07) is 6.93. The van der Waals surface area contributed by atoms with Crippen LogP contribution < -0.4 is 10.6 Å². The highest BCUT2D eigenvalue weighted by Crippen LogP contribution is 2.47. The summed E-state index contributed by atoms with van der Waals surface area (Å²) < 4.78 is 13.5. The first kappa shape index (κ1) is 16.9. The van der Waals surface area contributed by atoms with E-state index < -0.39 is 0 Å². The van der Waals surface area contributed by atoms with E-state index in [-0.39, 0.29) is 11.2 Å². The smallest absolute Gasteiger partial charge is 0.191 e. The van der Waals surface area contributed by atoms with Gasteiger partial charge in [0.05, 0.1) is 17.2 Å². The average Bonchev–Trinajstić information content (AvgIpc) is 3.25. The molecule has 0 saturated heterocycles. The van der Waals surface area contributed by atoms with Gasteiger partial charge >= 0.3 is 0 Å². The van der Waals surface area contributed by atoms with Crippen molar-refractivity contribution in [3.05, 3.63) is 51.7 Å². The van der Waals surface area contributed by atoms with Crippen LogP contribution >= 0.6 is 11.3 Å². The average molecular weight is 346 g/mol. The summed E-state index contributed by atoms with van der Waals surface area (Å²) >= 11 is 1.69. The molecule has 0 spiro atoms. The van der Waals surface area contributed by atoms with Gasteiger partial charge in [0.25, 0.3) is 0 Å². The van der Waals surface area contributed by atoms with E-state index in [1.54, 1.807) is 30.5 Å². The molecule has 1 fully saturated rings. The van der Waals surface area contributed by atoms with Crippen molar-refractivity contribution >= 4 is 17.3 Å². The van der Waals surface area contributed by atoms with Gasteiger partial charge in [0.2, 0.25) is 0 Å². The molecule has 6 heteroatoms. The van der Waals surface area contributed by atoms with E-state index in [1.807, 2.05) is 6.07 Å². The number of thiazole rings is 1. The van der Waals surface area contributed by atoms with Crippen molar-refractivity contribution in [3.63, 3.8) is 0 Å². The molecular formula is C18H23FN4S. The molecular weight excluding hydrogens is 323 g/mol. The molecule has 24 heavy (non-hydrogen) atoms. The summed E-state index contributed by atoms with van der Waals surface area (Å²) in [6.45, 7) is 3.52. The fourth-order valence-corrected chi connectivity index (χ4v) is 3.52. The molecule has 0 aliphatic heterocycles. The Bertz CT molecular complexity index is 721. The summed E-state index contributed by atoms with van der Waals surface area (Å²) in [5.74, 6) is 0.584. The second kappa shape index (κ2) is 7.30. The van der Waals surface area contributed by atoms with Crippen LogP contribution in [-0.4, -0.2) is 24.5 Å². The minimum atomic E-state index is -0.170. The molecule has 1 aromatic carbocycles. The molecule has 1 aliphatic carbocycles. The quantitative estimate of drug-likeness (QED) is 0.624. The fourth-order valence-electron chi connectivity index (χ4n) is 2.78. The number of nitrogens with one attached hydrogen (secondary N) is 2. The Labute approximate surface area is 146 Å². The topological polar surface area (TPSA) is 49.3 Å². The molecule has 1 aromatic heterocycles. The third-order valence-corrected chi connectivity index (χ3v) is 5.49. The van der Waals surface area contributed by atoms with E-state index in [9.17, 15) is 4.39 Å². The Morgan fingerprint density at radius 1 is 1.38 bits per heavy atom. The van der Waals surface area contributed by atoms with Crippen molar-refractivity contribution in [2.45, 2.75) is 38.1 Å². The second-order valence-corrected chi connectivity index (χ2v) is 7.10. The fraction of sp³-hybridized carbons (Fsp3) is 0.444. The Morgan fingerprint density at radius 3 is 2.83 bits per heavy atom. The third-order valence-electron chi connectivity index (χ3n) is 4.45. The first-order chi connectivity index (χ1) is 11.6. The molecule has 1 aliphatic rings. The monoisotopic (exact) mass is 346 g/mol. The number of benzene rings is 1. The van der Waals surface area contributed by atoms with Gasteiger partial charge in [-0.15, -0.1) is 11.3 Å². The van der Waals surface area contributed by atoms with E-state index >= 15 is 0 Å². The van der Waals surface area contributed by atoms with Crippen molar-refractivity contribution in [3.8, 4) is 0 Å². The van der Waals surface area contributed by atoms with Gasteiger partial charge in [-0.3, -0.25) is 4.99 Å². The molecule has 3 rings (SSSR count). The van der Waals surface area contributed by atoms with Crippen LogP contribution in [0.2, 0.25) is 0 Å². The number of rotatable bonds is 6. The number of aromatic nitrogens is 1. The Hall–Kier alpha value is -1.95. The summed E-state index contributed by atoms with van der Waals surface area (Å²) in [5.41, 5.74) is 2.14. The highest BCUT2D eigenvalue weighted by molar-refractivity contribution is 7.09. The molecule has 0 amide bonds. The lowest BCUT2D eigenvalue weighted by atomic mass is 9.96. The van der Waals surface area contributed by atoms with Crippen molar-refractivity contribution < 1.29 is 4.39 Å². The highest BCUT2D eigenvalue weighted by atomic mass is 32.1. The Balaban J connectivity index is 1.54. The maximum atomic E-state index is 13.5. The van der Waals surface area contributed by atoms with Crippen LogP contribution in [0.1, 0.15) is 36.0 Å². The largest absolute Gasteiger partial charge is 0.356 e. The maximum absolute atomic E-state index is 13.5. The zero-order chi connectivity index (χ0) is 17.0. The molecule has 1 saturated carbocycles. The van der Waals surface area contributed by atoms with Gasteiger partial charge in [-0.1, -0.05) is 19.1 Å². The molecule has 4 nitrogen and oxygen atoms in total. The van der Waals surface area contributed by atoms with Crippen LogP contribution in [-0.2, 0) is 18.4 Å². The van der Waals surface area contributed by atoms with Gasteiger partial charge in [0.1, 0.15) is 5.82 Å². The first-order valence-electron chi connectivity index (χ1n) is 8.29. The minimum absolute atomic E-state index is 0.0374. The number of aliphatic imine (C=N–C) groups is 1. The van der Waals surface area contributed by atoms with E-state index in [0.29, 0.717) is 6.54 Å². The first-order valence-corrected chi connectivity index (χ1v) is 9.17. The lowest BCUT2D eigenvalue weighted by Gasteiger charge is -2.19. The number of halogens is 1. The van der Waals surface area contributed by atoms with Crippen molar-refractivity contribution in [1.29, 1.82) is 0 Å². The van der Waals surface area contributed by atoms with Gasteiger partial charge in [-0.05, 0) is 37.0 Å². The van der Waals surface area contributed by atoms with Gasteiger partial charge < -0.3 is 10.6 Å². The standard InChI is InChI=1S/C18H23FN4S/c1-3-16-23-15(11-24-16)10-21-17(20-2)22-12-18(7-8-18)13-5-4-6-14(19)9-13/h4-6,9,11H,3,7-8,10,12H2,1-2H3,(H2,20,21,22). The summed E-state index contributed by atoms with van der Waals surface area (Å²) in [6.07, 6.45) is 3.12. The zero-order valence-electron chi connectivity index (χ0n) is 14.1. The van der Waals surface area contributed by atoms with Crippen LogP contribution in [0.15, 0.2) is 34.6 Å². The number of hydrogen-bond acceptors (Lipinski definition) is 3. The van der Waals surface area contributed by atoms with Gasteiger partial charge in [-0.2, -0.15) is 0 Å². The number of hydrogen-bond donors (Lipinski definition) is 2. The molecule has 2 N–H and O–H groups in total. The Kier molecular flexibility index (Phi) is 5.14. The van der Waals surface area contributed by atoms with Crippen molar-refractivity contribution in [2.75, 3.05) is 13.6 Å². The predicted molar refractivity (Wildman–Crippen MR) is 97.0 cm³/mol. The van der Waals surface area contributed by atoms with Crippen LogP contribution in [0.5, 0.6) is 0 Å². The minimum Gasteiger partial charge on any atom is -0.356 e. The lowest BCUT2D eigenvalue weighted by molar-refractivity contribution is 0.607. The molecule has 0 radical (unpaired) electrons. The van der Waals surface area contributed by atoms with Crippen molar-refractivity contribution in [1.82, 2.24) is 15.6 Å².